The van der Waals surface area contributed by atoms with Gasteiger partial charge in [0.2, 0.25) is 11.9 Å². The predicted octanol–water partition coefficient (Wildman–Crippen LogP) is 2.15. The minimum Gasteiger partial charge on any atom is -0.486 e. The van der Waals surface area contributed by atoms with Crippen LogP contribution in [-0.2, 0) is 9.53 Å². The van der Waals surface area contributed by atoms with Gasteiger partial charge in [0.15, 0.2) is 16.7 Å². The molecule has 0 radical (unpaired) electrons. The summed E-state index contributed by atoms with van der Waals surface area (Å²) in [6, 6.07) is 17.5. The highest BCUT2D eigenvalue weighted by molar-refractivity contribution is 7.99. The molecule has 0 aliphatic carbocycles. The molecule has 2 aliphatic rings. The lowest BCUT2D eigenvalue weighted by Crippen LogP contribution is -2.41. The van der Waals surface area contributed by atoms with E-state index in [4.69, 9.17) is 14.2 Å². The van der Waals surface area contributed by atoms with Crippen molar-refractivity contribution in [1.29, 1.82) is 0 Å². The zero-order valence-corrected chi connectivity index (χ0v) is 18.9. The van der Waals surface area contributed by atoms with Gasteiger partial charge in [0.05, 0.1) is 31.2 Å². The van der Waals surface area contributed by atoms with Crippen LogP contribution in [0.3, 0.4) is 0 Å². The van der Waals surface area contributed by atoms with Crippen molar-refractivity contribution >= 4 is 23.6 Å². The number of anilines is 1. The van der Waals surface area contributed by atoms with Crippen LogP contribution in [0, 0.1) is 0 Å². The third-order valence-corrected chi connectivity index (χ3v) is 6.28. The second kappa shape index (κ2) is 10.1. The summed E-state index contributed by atoms with van der Waals surface area (Å²) in [6.45, 7) is 3.59. The number of benzene rings is 2. The Kier molecular flexibility index (Phi) is 6.63. The van der Waals surface area contributed by atoms with Crippen LogP contribution < -0.4 is 19.7 Å². The molecule has 33 heavy (non-hydrogen) atoms. The number of amides is 1. The Morgan fingerprint density at radius 2 is 1.79 bits per heavy atom. The number of ether oxygens (including phenoxy) is 3. The summed E-state index contributed by atoms with van der Waals surface area (Å²) in [4.78, 5) is 14.7. The van der Waals surface area contributed by atoms with Gasteiger partial charge in [0.1, 0.15) is 12.7 Å². The van der Waals surface area contributed by atoms with Gasteiger partial charge in [-0.2, -0.15) is 0 Å². The average molecular weight is 468 g/mol. The van der Waals surface area contributed by atoms with Gasteiger partial charge in [0.25, 0.3) is 0 Å². The highest BCUT2D eigenvalue weighted by Gasteiger charge is 2.23. The first-order valence-corrected chi connectivity index (χ1v) is 11.9. The molecule has 0 unspecified atom stereocenters. The number of carbonyl (C=O) groups is 1. The number of fused-ring (bicyclic) bond motifs is 1. The van der Waals surface area contributed by atoms with Crippen LogP contribution in [0.2, 0.25) is 0 Å². The monoisotopic (exact) mass is 467 g/mol. The van der Waals surface area contributed by atoms with Gasteiger partial charge >= 0.3 is 0 Å². The van der Waals surface area contributed by atoms with Gasteiger partial charge in [-0.1, -0.05) is 42.1 Å². The molecule has 3 heterocycles. The number of nitrogens with zero attached hydrogens (tertiary/aromatic N) is 4. The van der Waals surface area contributed by atoms with Crippen LogP contribution in [-0.4, -0.2) is 72.0 Å². The number of carbonyl (C=O) groups excluding carboxylic acids is 1. The van der Waals surface area contributed by atoms with Crippen molar-refractivity contribution in [3.8, 4) is 17.2 Å². The third kappa shape index (κ3) is 5.07. The number of para-hydroxylation sites is 3. The molecule has 9 nitrogen and oxygen atoms in total. The fourth-order valence-corrected chi connectivity index (χ4v) is 4.48. The van der Waals surface area contributed by atoms with E-state index >= 15 is 0 Å². The largest absolute Gasteiger partial charge is 0.486 e. The number of morpholine rings is 1. The smallest absolute Gasteiger partial charge is 0.232 e. The highest BCUT2D eigenvalue weighted by atomic mass is 32.2. The Labute approximate surface area is 196 Å². The van der Waals surface area contributed by atoms with Crippen molar-refractivity contribution in [2.45, 2.75) is 11.3 Å². The summed E-state index contributed by atoms with van der Waals surface area (Å²) in [6.07, 6.45) is -0.227. The van der Waals surface area contributed by atoms with E-state index in [1.54, 1.807) is 0 Å². The number of hydrogen-bond acceptors (Lipinski definition) is 8. The highest BCUT2D eigenvalue weighted by Crippen LogP contribution is 2.31. The molecule has 0 spiro atoms. The van der Waals surface area contributed by atoms with Crippen LogP contribution in [0.25, 0.3) is 5.69 Å². The van der Waals surface area contributed by atoms with Gasteiger partial charge in [-0.05, 0) is 24.3 Å². The summed E-state index contributed by atoms with van der Waals surface area (Å²) >= 11 is 1.36. The van der Waals surface area contributed by atoms with Crippen molar-refractivity contribution in [3.63, 3.8) is 0 Å². The molecule has 0 bridgehead atoms. The van der Waals surface area contributed by atoms with E-state index in [1.807, 2.05) is 59.2 Å². The third-order valence-electron chi connectivity index (χ3n) is 5.35. The molecule has 172 valence electrons. The van der Waals surface area contributed by atoms with Crippen molar-refractivity contribution < 1.29 is 19.0 Å². The van der Waals surface area contributed by atoms with E-state index in [0.29, 0.717) is 37.3 Å². The maximum absolute atomic E-state index is 12.5. The molecule has 3 aromatic rings. The van der Waals surface area contributed by atoms with Crippen LogP contribution in [0.1, 0.15) is 0 Å². The molecule has 2 aliphatic heterocycles. The molecule has 10 heteroatoms. The minimum absolute atomic E-state index is 0.0991. The quantitative estimate of drug-likeness (QED) is 0.529. The van der Waals surface area contributed by atoms with E-state index in [-0.39, 0.29) is 17.8 Å². The van der Waals surface area contributed by atoms with E-state index in [2.05, 4.69) is 20.4 Å². The van der Waals surface area contributed by atoms with Crippen LogP contribution in [0.4, 0.5) is 5.95 Å². The summed E-state index contributed by atoms with van der Waals surface area (Å²) in [5, 5.41) is 12.4. The molecule has 1 atom stereocenters. The van der Waals surface area contributed by atoms with E-state index < -0.39 is 0 Å². The fraction of sp³-hybridized carbons (Fsp3) is 0.348. The Morgan fingerprint density at radius 1 is 1.03 bits per heavy atom. The van der Waals surface area contributed by atoms with Crippen molar-refractivity contribution in [2.24, 2.45) is 0 Å². The van der Waals surface area contributed by atoms with Crippen molar-refractivity contribution in [2.75, 3.05) is 50.1 Å². The average Bonchev–Trinajstić information content (AvgIpc) is 3.31. The lowest BCUT2D eigenvalue weighted by molar-refractivity contribution is -0.119. The first-order chi connectivity index (χ1) is 16.3. The lowest BCUT2D eigenvalue weighted by Gasteiger charge is -2.28. The maximum atomic E-state index is 12.5. The zero-order valence-electron chi connectivity index (χ0n) is 18.1. The van der Waals surface area contributed by atoms with Crippen LogP contribution in [0.5, 0.6) is 11.5 Å². The molecule has 1 saturated heterocycles. The SMILES string of the molecule is O=C(CSc1nnc(N2CCOCC2)n1-c1ccccc1)NC[C@@H]1COc2ccccc2O1. The second-order valence-corrected chi connectivity index (χ2v) is 8.59. The Bertz CT molecular complexity index is 1090. The predicted molar refractivity (Wildman–Crippen MR) is 124 cm³/mol. The second-order valence-electron chi connectivity index (χ2n) is 7.64. The number of thioether (sulfide) groups is 1. The molecular weight excluding hydrogens is 442 g/mol. The van der Waals surface area contributed by atoms with Gasteiger partial charge in [0, 0.05) is 13.1 Å². The number of nitrogens with one attached hydrogen (secondary N) is 1. The van der Waals surface area contributed by atoms with Gasteiger partial charge in [-0.15, -0.1) is 10.2 Å². The van der Waals surface area contributed by atoms with Crippen LogP contribution in [0.15, 0.2) is 59.8 Å². The molecule has 2 aromatic carbocycles. The van der Waals surface area contributed by atoms with Crippen molar-refractivity contribution in [1.82, 2.24) is 20.1 Å². The van der Waals surface area contributed by atoms with E-state index in [1.165, 1.54) is 11.8 Å². The topological polar surface area (TPSA) is 90.7 Å². The Hall–Kier alpha value is -3.24. The molecule has 1 N–H and O–H groups in total. The first-order valence-electron chi connectivity index (χ1n) is 10.9. The van der Waals surface area contributed by atoms with E-state index in [0.717, 1.165) is 30.5 Å². The normalized spacial score (nSPS) is 17.6. The molecule has 0 saturated carbocycles. The summed E-state index contributed by atoms with van der Waals surface area (Å²) in [5.74, 6) is 2.31. The molecule has 1 aromatic heterocycles. The fourth-order valence-electron chi connectivity index (χ4n) is 3.70. The van der Waals surface area contributed by atoms with Crippen LogP contribution >= 0.6 is 11.8 Å². The summed E-state index contributed by atoms with van der Waals surface area (Å²) in [5.41, 5.74) is 0.957. The summed E-state index contributed by atoms with van der Waals surface area (Å²) < 4.78 is 19.1. The number of aromatic nitrogens is 3. The van der Waals surface area contributed by atoms with Gasteiger partial charge in [-0.3, -0.25) is 9.36 Å². The van der Waals surface area contributed by atoms with E-state index in [9.17, 15) is 4.79 Å². The Morgan fingerprint density at radius 3 is 2.61 bits per heavy atom. The maximum Gasteiger partial charge on any atom is 0.232 e. The molecule has 5 rings (SSSR count). The van der Waals surface area contributed by atoms with Gasteiger partial charge in [-0.25, -0.2) is 0 Å². The molecule has 1 amide bonds. The zero-order chi connectivity index (χ0) is 22.5. The lowest BCUT2D eigenvalue weighted by atomic mass is 10.2. The number of hydrogen-bond donors (Lipinski definition) is 1. The van der Waals surface area contributed by atoms with Crippen molar-refractivity contribution in [3.05, 3.63) is 54.6 Å². The molecular formula is C23H25N5O4S. The summed E-state index contributed by atoms with van der Waals surface area (Å²) in [7, 11) is 0. The number of rotatable bonds is 7. The van der Waals surface area contributed by atoms with Gasteiger partial charge < -0.3 is 24.4 Å². The standard InChI is InChI=1S/C23H25N5O4S/c29-21(24-14-18-15-31-19-8-4-5-9-20(19)32-18)16-33-23-26-25-22(27-10-12-30-13-11-27)28(23)17-6-2-1-3-7-17/h1-9,18H,10-16H2,(H,24,29)/t18-/m1/s1. The molecule has 1 fully saturated rings. The Balaban J connectivity index is 1.21. The minimum atomic E-state index is -0.227. The first kappa shape index (κ1) is 21.6.